The van der Waals surface area contributed by atoms with Crippen LogP contribution in [0.5, 0.6) is 5.75 Å². The molecule has 1 N–H and O–H groups in total. The van der Waals surface area contributed by atoms with E-state index in [4.69, 9.17) is 4.74 Å². The molecule has 0 heterocycles. The van der Waals surface area contributed by atoms with Crippen molar-refractivity contribution in [2.24, 2.45) is 5.92 Å². The van der Waals surface area contributed by atoms with Crippen LogP contribution in [0.3, 0.4) is 0 Å². The summed E-state index contributed by atoms with van der Waals surface area (Å²) in [4.78, 5) is 0. The summed E-state index contributed by atoms with van der Waals surface area (Å²) in [5.74, 6) is 0.820. The van der Waals surface area contributed by atoms with Crippen molar-refractivity contribution < 1.29 is 9.13 Å². The lowest BCUT2D eigenvalue weighted by Gasteiger charge is -2.14. The molecule has 17 heavy (non-hydrogen) atoms. The number of nitrogens with one attached hydrogen (secondary N) is 1. The summed E-state index contributed by atoms with van der Waals surface area (Å²) in [5, 5.41) is 3.39. The fourth-order valence-corrected chi connectivity index (χ4v) is 2.44. The first-order valence-electron chi connectivity index (χ1n) is 6.38. The Labute approximate surface area is 102 Å². The molecule has 1 fully saturated rings. The van der Waals surface area contributed by atoms with Gasteiger partial charge in [0.25, 0.3) is 0 Å². The first kappa shape index (κ1) is 12.2. The molecule has 94 valence electrons. The van der Waals surface area contributed by atoms with E-state index in [1.165, 1.54) is 25.3 Å². The van der Waals surface area contributed by atoms with Gasteiger partial charge in [0.1, 0.15) is 0 Å². The maximum atomic E-state index is 13.6. The molecule has 0 bridgehead atoms. The van der Waals surface area contributed by atoms with E-state index in [0.29, 0.717) is 18.4 Å². The molecular formula is C14H20FNO. The zero-order chi connectivity index (χ0) is 12.3. The van der Waals surface area contributed by atoms with Crippen molar-refractivity contribution in [3.05, 3.63) is 24.0 Å². The molecule has 1 aliphatic carbocycles. The predicted molar refractivity (Wildman–Crippen MR) is 68.0 cm³/mol. The number of ether oxygens (including phenoxy) is 1. The highest BCUT2D eigenvalue weighted by atomic mass is 19.1. The van der Waals surface area contributed by atoms with Crippen LogP contribution in [-0.2, 0) is 0 Å². The number of hydrogen-bond acceptors (Lipinski definition) is 2. The van der Waals surface area contributed by atoms with Crippen LogP contribution in [0.15, 0.2) is 18.2 Å². The quantitative estimate of drug-likeness (QED) is 0.859. The topological polar surface area (TPSA) is 21.3 Å². The average Bonchev–Trinajstić information content (AvgIpc) is 2.68. The molecule has 2 atom stereocenters. The molecule has 1 aromatic carbocycles. The van der Waals surface area contributed by atoms with Crippen molar-refractivity contribution in [2.75, 3.05) is 11.9 Å². The Morgan fingerprint density at radius 1 is 1.41 bits per heavy atom. The normalized spacial score (nSPS) is 23.7. The van der Waals surface area contributed by atoms with Gasteiger partial charge in [-0.15, -0.1) is 0 Å². The van der Waals surface area contributed by atoms with Crippen molar-refractivity contribution in [1.29, 1.82) is 0 Å². The highest BCUT2D eigenvalue weighted by molar-refractivity contribution is 5.48. The van der Waals surface area contributed by atoms with Crippen molar-refractivity contribution in [3.8, 4) is 5.75 Å². The van der Waals surface area contributed by atoms with E-state index in [9.17, 15) is 4.39 Å². The Morgan fingerprint density at radius 3 is 2.82 bits per heavy atom. The summed E-state index contributed by atoms with van der Waals surface area (Å²) >= 11 is 0. The largest absolute Gasteiger partial charge is 0.491 e. The minimum Gasteiger partial charge on any atom is -0.491 e. The van der Waals surface area contributed by atoms with Gasteiger partial charge in [-0.1, -0.05) is 6.92 Å². The minimum absolute atomic E-state index is 0.289. The molecule has 0 radical (unpaired) electrons. The lowest BCUT2D eigenvalue weighted by atomic mass is 10.1. The summed E-state index contributed by atoms with van der Waals surface area (Å²) < 4.78 is 18.8. The first-order chi connectivity index (χ1) is 8.19. The number of halogens is 1. The molecule has 0 aromatic heterocycles. The molecule has 1 aliphatic rings. The van der Waals surface area contributed by atoms with Crippen LogP contribution >= 0.6 is 0 Å². The summed E-state index contributed by atoms with van der Waals surface area (Å²) in [6.45, 7) is 4.61. The maximum Gasteiger partial charge on any atom is 0.167 e. The smallest absolute Gasteiger partial charge is 0.167 e. The number of hydrogen-bond donors (Lipinski definition) is 1. The molecule has 2 nitrogen and oxygen atoms in total. The van der Waals surface area contributed by atoms with Gasteiger partial charge in [-0.25, -0.2) is 4.39 Å². The monoisotopic (exact) mass is 237 g/mol. The van der Waals surface area contributed by atoms with Crippen LogP contribution in [0.25, 0.3) is 0 Å². The van der Waals surface area contributed by atoms with Gasteiger partial charge in [-0.3, -0.25) is 0 Å². The summed E-state index contributed by atoms with van der Waals surface area (Å²) in [6.07, 6.45) is 3.61. The van der Waals surface area contributed by atoms with Gasteiger partial charge in [-0.2, -0.15) is 0 Å². The first-order valence-corrected chi connectivity index (χ1v) is 6.38. The summed E-state index contributed by atoms with van der Waals surface area (Å²) in [5.41, 5.74) is 0.852. The van der Waals surface area contributed by atoms with E-state index < -0.39 is 0 Å². The van der Waals surface area contributed by atoms with Gasteiger partial charge < -0.3 is 10.1 Å². The third-order valence-corrected chi connectivity index (χ3v) is 3.30. The molecular weight excluding hydrogens is 217 g/mol. The molecule has 0 spiro atoms. The van der Waals surface area contributed by atoms with Gasteiger partial charge >= 0.3 is 0 Å². The molecule has 0 saturated heterocycles. The van der Waals surface area contributed by atoms with E-state index in [-0.39, 0.29) is 5.82 Å². The predicted octanol–water partition coefficient (Wildman–Crippen LogP) is 3.82. The minimum atomic E-state index is -0.289. The highest BCUT2D eigenvalue weighted by Gasteiger charge is 2.21. The molecule has 1 saturated carbocycles. The fraction of sp³-hybridized carbons (Fsp3) is 0.571. The Bertz CT molecular complexity index is 380. The van der Waals surface area contributed by atoms with Gasteiger partial charge in [0.2, 0.25) is 0 Å². The Balaban J connectivity index is 1.99. The second-order valence-corrected chi connectivity index (χ2v) is 4.84. The molecule has 2 rings (SSSR count). The van der Waals surface area contributed by atoms with E-state index in [0.717, 1.165) is 11.6 Å². The molecule has 0 amide bonds. The molecule has 1 aromatic rings. The number of benzene rings is 1. The van der Waals surface area contributed by atoms with Crippen molar-refractivity contribution >= 4 is 5.69 Å². The van der Waals surface area contributed by atoms with E-state index >= 15 is 0 Å². The number of anilines is 1. The maximum absolute atomic E-state index is 13.6. The van der Waals surface area contributed by atoms with E-state index in [2.05, 4.69) is 12.2 Å². The molecule has 3 heteroatoms. The van der Waals surface area contributed by atoms with Gasteiger partial charge in [0.05, 0.1) is 6.61 Å². The SMILES string of the molecule is CCOc1ccc(NC2CCC(C)C2)cc1F. The summed E-state index contributed by atoms with van der Waals surface area (Å²) in [6, 6.07) is 5.59. The van der Waals surface area contributed by atoms with E-state index in [1.807, 2.05) is 13.0 Å². The lowest BCUT2D eigenvalue weighted by molar-refractivity contribution is 0.321. The second kappa shape index (κ2) is 5.39. The highest BCUT2D eigenvalue weighted by Crippen LogP contribution is 2.28. The van der Waals surface area contributed by atoms with Gasteiger partial charge in [0, 0.05) is 17.8 Å². The number of rotatable bonds is 4. The zero-order valence-electron chi connectivity index (χ0n) is 10.5. The van der Waals surface area contributed by atoms with Gasteiger partial charge in [-0.05, 0) is 44.2 Å². The Kier molecular flexibility index (Phi) is 3.87. The van der Waals surface area contributed by atoms with Crippen LogP contribution in [0.1, 0.15) is 33.1 Å². The van der Waals surface area contributed by atoms with Crippen molar-refractivity contribution in [1.82, 2.24) is 0 Å². The van der Waals surface area contributed by atoms with Crippen molar-refractivity contribution in [3.63, 3.8) is 0 Å². The summed E-state index contributed by atoms with van der Waals surface area (Å²) in [7, 11) is 0. The van der Waals surface area contributed by atoms with Crippen LogP contribution in [0.2, 0.25) is 0 Å². The van der Waals surface area contributed by atoms with Crippen molar-refractivity contribution in [2.45, 2.75) is 39.2 Å². The standard InChI is InChI=1S/C14H20FNO/c1-3-17-14-7-6-12(9-13(14)15)16-11-5-4-10(2)8-11/h6-7,9-11,16H,3-5,8H2,1-2H3. The van der Waals surface area contributed by atoms with Crippen LogP contribution < -0.4 is 10.1 Å². The average molecular weight is 237 g/mol. The lowest BCUT2D eigenvalue weighted by Crippen LogP contribution is -2.15. The van der Waals surface area contributed by atoms with Crippen LogP contribution in [0, 0.1) is 11.7 Å². The third kappa shape index (κ3) is 3.11. The zero-order valence-corrected chi connectivity index (χ0v) is 10.5. The van der Waals surface area contributed by atoms with E-state index in [1.54, 1.807) is 6.07 Å². The van der Waals surface area contributed by atoms with Gasteiger partial charge in [0.15, 0.2) is 11.6 Å². The molecule has 0 aliphatic heterocycles. The van der Waals surface area contributed by atoms with Crippen LogP contribution in [0.4, 0.5) is 10.1 Å². The third-order valence-electron chi connectivity index (χ3n) is 3.30. The second-order valence-electron chi connectivity index (χ2n) is 4.84. The Morgan fingerprint density at radius 2 is 2.24 bits per heavy atom. The van der Waals surface area contributed by atoms with Crippen LogP contribution in [-0.4, -0.2) is 12.6 Å². The Hall–Kier alpha value is -1.25. The molecule has 2 unspecified atom stereocenters. The fourth-order valence-electron chi connectivity index (χ4n) is 2.44.